The number of carbonyl (C=O) groups excluding carboxylic acids is 4. The molecule has 0 fully saturated rings. The number of rotatable bonds is 18. The molecule has 6 N–H and O–H groups in total. The summed E-state index contributed by atoms with van der Waals surface area (Å²) in [4.78, 5) is 54.6. The topological polar surface area (TPSA) is 163 Å². The molecule has 0 bridgehead atoms. The molecule has 4 aromatic rings. The van der Waals surface area contributed by atoms with Gasteiger partial charge < -0.3 is 36.4 Å². The number of amides is 5. The van der Waals surface area contributed by atoms with Crippen molar-refractivity contribution in [1.29, 1.82) is 0 Å². The molecular formula is C41H48ClN5O6. The van der Waals surface area contributed by atoms with Crippen LogP contribution in [0, 0.1) is 5.92 Å². The lowest BCUT2D eigenvalue weighted by Gasteiger charge is -2.32. The molecule has 0 aliphatic heterocycles. The number of carbonyl (C=O) groups is 4. The smallest absolute Gasteiger partial charge is 0.407 e. The van der Waals surface area contributed by atoms with Crippen LogP contribution >= 0.6 is 11.6 Å². The number of urea groups is 1. The molecule has 0 saturated carbocycles. The molecule has 11 nitrogen and oxygen atoms in total. The second-order valence-corrected chi connectivity index (χ2v) is 13.8. The van der Waals surface area contributed by atoms with Crippen LogP contribution in [0.5, 0.6) is 0 Å². The number of benzene rings is 4. The number of nitrogens with one attached hydrogen (secondary N) is 3. The Morgan fingerprint density at radius 2 is 1.26 bits per heavy atom. The first-order valence-corrected chi connectivity index (χ1v) is 18.0. The van der Waals surface area contributed by atoms with Gasteiger partial charge in [-0.2, -0.15) is 0 Å². The normalized spacial score (nSPS) is 13.2. The Morgan fingerprint density at radius 3 is 1.81 bits per heavy atom. The number of halogens is 1. The predicted octanol–water partition coefficient (Wildman–Crippen LogP) is 5.38. The largest absolute Gasteiger partial charge is 0.445 e. The van der Waals surface area contributed by atoms with Gasteiger partial charge >= 0.3 is 12.1 Å². The summed E-state index contributed by atoms with van der Waals surface area (Å²) in [6, 6.07) is 31.1. The van der Waals surface area contributed by atoms with E-state index in [9.17, 15) is 24.3 Å². The third kappa shape index (κ3) is 13.9. The maximum atomic E-state index is 14.1. The number of ether oxygens (including phenoxy) is 1. The highest BCUT2D eigenvalue weighted by molar-refractivity contribution is 6.30. The van der Waals surface area contributed by atoms with Crippen LogP contribution in [0.3, 0.4) is 0 Å². The van der Waals surface area contributed by atoms with E-state index in [4.69, 9.17) is 22.1 Å². The van der Waals surface area contributed by atoms with Crippen molar-refractivity contribution in [2.24, 2.45) is 11.7 Å². The van der Waals surface area contributed by atoms with Crippen LogP contribution < -0.4 is 21.7 Å². The molecule has 12 heteroatoms. The number of primary amides is 1. The molecule has 0 heterocycles. The summed E-state index contributed by atoms with van der Waals surface area (Å²) < 4.78 is 5.46. The van der Waals surface area contributed by atoms with Gasteiger partial charge in [-0.25, -0.2) is 9.59 Å². The molecule has 4 aromatic carbocycles. The maximum Gasteiger partial charge on any atom is 0.407 e. The van der Waals surface area contributed by atoms with Crippen molar-refractivity contribution in [2.75, 3.05) is 6.54 Å². The number of hydrogen-bond donors (Lipinski definition) is 5. The van der Waals surface area contributed by atoms with E-state index in [0.29, 0.717) is 10.6 Å². The van der Waals surface area contributed by atoms with Crippen molar-refractivity contribution in [3.63, 3.8) is 0 Å². The number of hydrogen-bond acceptors (Lipinski definition) is 6. The summed E-state index contributed by atoms with van der Waals surface area (Å²) in [7, 11) is 0. The van der Waals surface area contributed by atoms with Crippen LogP contribution in [-0.2, 0) is 40.3 Å². The second-order valence-electron chi connectivity index (χ2n) is 13.4. The third-order valence-electron chi connectivity index (χ3n) is 8.52. The summed E-state index contributed by atoms with van der Waals surface area (Å²) >= 11 is 6.13. The maximum absolute atomic E-state index is 14.1. The Morgan fingerprint density at radius 1 is 0.717 bits per heavy atom. The standard InChI is InChI=1S/C41H48ClN5O6/c1-28(2)22-36(39(50)44-35(38(43)49)24-30-14-8-4-9-15-30)45-40(51)47(25-31-18-20-33(42)21-19-31)26-37(48)34(23-29-12-6-3-7-13-29)46-41(52)53-27-32-16-10-5-11-17-32/h3-21,28,34-37,48H,22-27H2,1-2H3,(H2,43,49)(H,44,50)(H,45,51)(H,46,52)/t34-,35-,36-,37+/m0/s1. The zero-order valence-corrected chi connectivity index (χ0v) is 30.7. The van der Waals surface area contributed by atoms with E-state index >= 15 is 0 Å². The first kappa shape index (κ1) is 40.4. The van der Waals surface area contributed by atoms with Gasteiger partial charge in [-0.3, -0.25) is 9.59 Å². The Balaban J connectivity index is 1.54. The molecule has 53 heavy (non-hydrogen) atoms. The Labute approximate surface area is 315 Å². The predicted molar refractivity (Wildman–Crippen MR) is 205 cm³/mol. The van der Waals surface area contributed by atoms with E-state index < -0.39 is 48.2 Å². The molecule has 4 atom stereocenters. The molecule has 0 aliphatic carbocycles. The number of alkyl carbamates (subject to hydrolysis) is 1. The first-order chi connectivity index (χ1) is 25.5. The van der Waals surface area contributed by atoms with Gasteiger partial charge in [0.15, 0.2) is 0 Å². The van der Waals surface area contributed by atoms with Crippen molar-refractivity contribution >= 4 is 35.5 Å². The van der Waals surface area contributed by atoms with Gasteiger partial charge in [0, 0.05) is 18.0 Å². The fourth-order valence-corrected chi connectivity index (χ4v) is 5.86. The summed E-state index contributed by atoms with van der Waals surface area (Å²) in [6.07, 6.45) is -1.30. The Hall–Kier alpha value is -5.39. The van der Waals surface area contributed by atoms with E-state index in [2.05, 4.69) is 16.0 Å². The zero-order valence-electron chi connectivity index (χ0n) is 30.0. The molecule has 0 radical (unpaired) electrons. The first-order valence-electron chi connectivity index (χ1n) is 17.6. The van der Waals surface area contributed by atoms with Gasteiger partial charge in [0.1, 0.15) is 18.7 Å². The van der Waals surface area contributed by atoms with Crippen molar-refractivity contribution in [3.05, 3.63) is 143 Å². The number of nitrogens with two attached hydrogens (primary N) is 1. The van der Waals surface area contributed by atoms with Crippen molar-refractivity contribution in [2.45, 2.75) is 70.5 Å². The number of nitrogens with zero attached hydrogens (tertiary/aromatic N) is 1. The van der Waals surface area contributed by atoms with E-state index in [-0.39, 0.29) is 44.9 Å². The molecule has 0 saturated heterocycles. The van der Waals surface area contributed by atoms with E-state index in [1.807, 2.05) is 105 Å². The minimum Gasteiger partial charge on any atom is -0.445 e. The van der Waals surface area contributed by atoms with Crippen LogP contribution in [-0.4, -0.2) is 64.7 Å². The quantitative estimate of drug-likeness (QED) is 0.0920. The van der Waals surface area contributed by atoms with Crippen LogP contribution in [0.1, 0.15) is 42.5 Å². The molecule has 5 amide bonds. The molecule has 0 aromatic heterocycles. The number of aliphatic hydroxyl groups excluding tert-OH is 1. The molecular weight excluding hydrogens is 694 g/mol. The molecule has 280 valence electrons. The fourth-order valence-electron chi connectivity index (χ4n) is 5.74. The Kier molecular flexibility index (Phi) is 15.7. The van der Waals surface area contributed by atoms with E-state index in [0.717, 1.165) is 16.7 Å². The van der Waals surface area contributed by atoms with Crippen molar-refractivity contribution < 1.29 is 29.0 Å². The molecule has 0 unspecified atom stereocenters. The van der Waals surface area contributed by atoms with Crippen molar-refractivity contribution in [1.82, 2.24) is 20.9 Å². The summed E-state index contributed by atoms with van der Waals surface area (Å²) in [5.41, 5.74) is 8.85. The zero-order chi connectivity index (χ0) is 38.2. The van der Waals surface area contributed by atoms with E-state index in [1.165, 1.54) is 4.90 Å². The average molecular weight is 742 g/mol. The van der Waals surface area contributed by atoms with Gasteiger partial charge in [0.2, 0.25) is 11.8 Å². The lowest BCUT2D eigenvalue weighted by atomic mass is 10.0. The van der Waals surface area contributed by atoms with Crippen LogP contribution in [0.2, 0.25) is 5.02 Å². The highest BCUT2D eigenvalue weighted by Gasteiger charge is 2.31. The second kappa shape index (κ2) is 20.6. The summed E-state index contributed by atoms with van der Waals surface area (Å²) in [5, 5.41) is 20.6. The minimum atomic E-state index is -1.26. The number of aliphatic hydroxyl groups is 1. The van der Waals surface area contributed by atoms with Gasteiger partial charge in [0.05, 0.1) is 18.7 Å². The average Bonchev–Trinajstić information content (AvgIpc) is 3.14. The monoisotopic (exact) mass is 741 g/mol. The van der Waals surface area contributed by atoms with E-state index in [1.54, 1.807) is 24.3 Å². The van der Waals surface area contributed by atoms with Crippen LogP contribution in [0.15, 0.2) is 115 Å². The lowest BCUT2D eigenvalue weighted by molar-refractivity contribution is -0.128. The highest BCUT2D eigenvalue weighted by Crippen LogP contribution is 2.16. The van der Waals surface area contributed by atoms with Crippen LogP contribution in [0.25, 0.3) is 0 Å². The highest BCUT2D eigenvalue weighted by atomic mass is 35.5. The van der Waals surface area contributed by atoms with Gasteiger partial charge in [-0.05, 0) is 53.1 Å². The van der Waals surface area contributed by atoms with Gasteiger partial charge in [0.25, 0.3) is 0 Å². The molecule has 0 spiro atoms. The SMILES string of the molecule is CC(C)C[C@H](NC(=O)N(Cc1ccc(Cl)cc1)C[C@@H](O)[C@H](Cc1ccccc1)NC(=O)OCc1ccccc1)C(=O)N[C@@H](Cc1ccccc1)C(N)=O. The van der Waals surface area contributed by atoms with Gasteiger partial charge in [-0.1, -0.05) is 129 Å². The fraction of sp³-hybridized carbons (Fsp3) is 0.317. The van der Waals surface area contributed by atoms with Crippen LogP contribution in [0.4, 0.5) is 9.59 Å². The van der Waals surface area contributed by atoms with Crippen molar-refractivity contribution in [3.8, 4) is 0 Å². The minimum absolute atomic E-state index is 0.0103. The molecule has 4 rings (SSSR count). The van der Waals surface area contributed by atoms with Gasteiger partial charge in [-0.15, -0.1) is 0 Å². The Bertz CT molecular complexity index is 1750. The summed E-state index contributed by atoms with van der Waals surface area (Å²) in [5.74, 6) is -1.28. The molecule has 0 aliphatic rings. The lowest BCUT2D eigenvalue weighted by Crippen LogP contribution is -2.57. The third-order valence-corrected chi connectivity index (χ3v) is 8.78. The summed E-state index contributed by atoms with van der Waals surface area (Å²) in [6.45, 7) is 3.68.